The van der Waals surface area contributed by atoms with Crippen molar-refractivity contribution in [2.75, 3.05) is 18.1 Å². The topological polar surface area (TPSA) is 97.0 Å². The summed E-state index contributed by atoms with van der Waals surface area (Å²) in [7, 11) is -1.90. The Labute approximate surface area is 233 Å². The first-order chi connectivity index (χ1) is 18.2. The summed E-state index contributed by atoms with van der Waals surface area (Å²) in [6.45, 7) is 17.3. The second-order valence-electron chi connectivity index (χ2n) is 11.8. The molecule has 2 N–H and O–H groups in total. The molecule has 0 saturated heterocycles. The predicted molar refractivity (Wildman–Crippen MR) is 156 cm³/mol. The molecule has 0 spiro atoms. The minimum absolute atomic E-state index is 0.0934. The van der Waals surface area contributed by atoms with Crippen LogP contribution in [0.1, 0.15) is 69.1 Å². The summed E-state index contributed by atoms with van der Waals surface area (Å²) in [6, 6.07) is 14.1. The number of benzene rings is 2. The zero-order valence-corrected chi connectivity index (χ0v) is 25.5. The van der Waals surface area contributed by atoms with Gasteiger partial charge in [-0.15, -0.1) is 0 Å². The number of anilines is 1. The Hall–Kier alpha value is -3.17. The highest BCUT2D eigenvalue weighted by Gasteiger charge is 2.40. The van der Waals surface area contributed by atoms with Gasteiger partial charge in [0.1, 0.15) is 6.61 Å². The molecular weight excluding hydrogens is 510 g/mol. The first-order valence-corrected chi connectivity index (χ1v) is 16.5. The van der Waals surface area contributed by atoms with E-state index < -0.39 is 20.5 Å². The lowest BCUT2D eigenvalue weighted by atomic mass is 9.82. The van der Waals surface area contributed by atoms with E-state index in [9.17, 15) is 14.4 Å². The van der Waals surface area contributed by atoms with E-state index in [0.29, 0.717) is 30.0 Å². The first-order valence-electron chi connectivity index (χ1n) is 13.6. The summed E-state index contributed by atoms with van der Waals surface area (Å²) in [4.78, 5) is 40.2. The van der Waals surface area contributed by atoms with Crippen LogP contribution in [0.5, 0.6) is 0 Å². The Morgan fingerprint density at radius 3 is 2.31 bits per heavy atom. The van der Waals surface area contributed by atoms with Crippen molar-refractivity contribution in [3.63, 3.8) is 0 Å². The van der Waals surface area contributed by atoms with Crippen molar-refractivity contribution in [3.05, 3.63) is 65.2 Å². The molecule has 1 heterocycles. The lowest BCUT2D eigenvalue weighted by molar-refractivity contribution is -0.117. The number of nitrogens with one attached hydrogen (secondary N) is 2. The number of carbonyl (C=O) groups excluding carboxylic acids is 3. The van der Waals surface area contributed by atoms with E-state index in [-0.39, 0.29) is 35.4 Å². The van der Waals surface area contributed by atoms with Gasteiger partial charge in [-0.1, -0.05) is 58.0 Å². The minimum atomic E-state index is -1.90. The molecule has 212 valence electrons. The van der Waals surface area contributed by atoms with E-state index in [1.54, 1.807) is 23.1 Å². The molecule has 1 aliphatic rings. The van der Waals surface area contributed by atoms with Crippen LogP contribution in [0, 0.1) is 5.92 Å². The number of hydrogen-bond acceptors (Lipinski definition) is 5. The van der Waals surface area contributed by atoms with Crippen molar-refractivity contribution >= 4 is 31.9 Å². The molecule has 1 aliphatic heterocycles. The molecule has 0 radical (unpaired) electrons. The molecule has 0 unspecified atom stereocenters. The molecule has 0 saturated carbocycles. The Balaban J connectivity index is 1.76. The van der Waals surface area contributed by atoms with Crippen LogP contribution >= 0.6 is 0 Å². The van der Waals surface area contributed by atoms with Crippen molar-refractivity contribution in [3.8, 4) is 0 Å². The van der Waals surface area contributed by atoms with Crippen LogP contribution < -0.4 is 15.5 Å². The smallest absolute Gasteiger partial charge is 0.407 e. The van der Waals surface area contributed by atoms with Crippen LogP contribution in [0.3, 0.4) is 0 Å². The average Bonchev–Trinajstić information content (AvgIpc) is 2.87. The molecule has 8 nitrogen and oxygen atoms in total. The van der Waals surface area contributed by atoms with E-state index >= 15 is 0 Å². The number of nitrogens with zero attached hydrogens (tertiary/aromatic N) is 1. The molecule has 39 heavy (non-hydrogen) atoms. The predicted octanol–water partition coefficient (Wildman–Crippen LogP) is 5.80. The van der Waals surface area contributed by atoms with E-state index in [0.717, 1.165) is 5.56 Å². The normalized spacial score (nSPS) is 19.2. The van der Waals surface area contributed by atoms with Gasteiger partial charge in [0.25, 0.3) is 5.91 Å². The number of fused-ring (bicyclic) bond motifs is 1. The van der Waals surface area contributed by atoms with Gasteiger partial charge in [-0.25, -0.2) is 4.79 Å². The summed E-state index contributed by atoms with van der Waals surface area (Å²) < 4.78 is 11.6. The fourth-order valence-electron chi connectivity index (χ4n) is 4.53. The molecule has 0 aliphatic carbocycles. The van der Waals surface area contributed by atoms with Crippen molar-refractivity contribution in [2.45, 2.75) is 78.4 Å². The van der Waals surface area contributed by atoms with Crippen molar-refractivity contribution in [1.29, 1.82) is 0 Å². The molecule has 0 fully saturated rings. The molecule has 9 heteroatoms. The molecule has 2 aromatic carbocycles. The van der Waals surface area contributed by atoms with Crippen LogP contribution in [-0.4, -0.2) is 45.4 Å². The zero-order chi connectivity index (χ0) is 29.0. The van der Waals surface area contributed by atoms with E-state index in [1.165, 1.54) is 6.92 Å². The van der Waals surface area contributed by atoms with Crippen LogP contribution in [-0.2, 0) is 20.6 Å². The Kier molecular flexibility index (Phi) is 9.61. The number of alkyl carbamates (subject to hydrolysis) is 1. The lowest BCUT2D eigenvalue weighted by Gasteiger charge is -2.43. The Bertz CT molecular complexity index is 1180. The SMILES string of the molecule is CC(=O)N1c2ccc(C(=O)NCCO[Si](C)(C)C(C)(C)C)cc2[C@H](NC(=O)OCc2ccccc2)[C@@H](C)[C@@H]1C. The second-order valence-corrected chi connectivity index (χ2v) is 16.6. The first kappa shape index (κ1) is 30.4. The average molecular weight is 554 g/mol. The number of hydrogen-bond donors (Lipinski definition) is 2. The van der Waals surface area contributed by atoms with Gasteiger partial charge in [0.2, 0.25) is 5.91 Å². The van der Waals surface area contributed by atoms with Gasteiger partial charge in [-0.3, -0.25) is 9.59 Å². The second kappa shape index (κ2) is 12.3. The molecule has 3 atom stereocenters. The quantitative estimate of drug-likeness (QED) is 0.318. The molecule has 0 bridgehead atoms. The van der Waals surface area contributed by atoms with Crippen molar-refractivity contribution in [2.24, 2.45) is 5.92 Å². The summed E-state index contributed by atoms with van der Waals surface area (Å²) >= 11 is 0. The molecule has 0 aromatic heterocycles. The maximum absolute atomic E-state index is 13.1. The van der Waals surface area contributed by atoms with Gasteiger partial charge in [0.15, 0.2) is 8.32 Å². The van der Waals surface area contributed by atoms with E-state index in [1.807, 2.05) is 44.2 Å². The lowest BCUT2D eigenvalue weighted by Crippen LogP contribution is -2.50. The number of rotatable bonds is 8. The monoisotopic (exact) mass is 553 g/mol. The minimum Gasteiger partial charge on any atom is -0.445 e. The third kappa shape index (κ3) is 7.27. The zero-order valence-electron chi connectivity index (χ0n) is 24.5. The standard InChI is InChI=1S/C30H43N3O5Si/c1-20-21(2)33(22(3)34)26-15-14-24(28(35)31-16-17-38-39(7,8)30(4,5)6)18-25(26)27(20)32-29(36)37-19-23-12-10-9-11-13-23/h9-15,18,20-21,27H,16-17,19H2,1-8H3,(H,31,35)(H,32,36)/t20-,21-,27+/m0/s1. The summed E-state index contributed by atoms with van der Waals surface area (Å²) in [5.74, 6) is -0.453. The van der Waals surface area contributed by atoms with Crippen LogP contribution in [0.4, 0.5) is 10.5 Å². The van der Waals surface area contributed by atoms with Crippen LogP contribution in [0.2, 0.25) is 18.1 Å². The van der Waals surface area contributed by atoms with Crippen LogP contribution in [0.15, 0.2) is 48.5 Å². The third-order valence-electron chi connectivity index (χ3n) is 8.06. The van der Waals surface area contributed by atoms with Crippen molar-refractivity contribution in [1.82, 2.24) is 10.6 Å². The maximum Gasteiger partial charge on any atom is 0.407 e. The fraction of sp³-hybridized carbons (Fsp3) is 0.500. The number of carbonyl (C=O) groups is 3. The Morgan fingerprint density at radius 2 is 1.69 bits per heavy atom. The Morgan fingerprint density at radius 1 is 1.03 bits per heavy atom. The fourth-order valence-corrected chi connectivity index (χ4v) is 5.57. The number of ether oxygens (including phenoxy) is 1. The van der Waals surface area contributed by atoms with Crippen molar-refractivity contribution < 1.29 is 23.5 Å². The van der Waals surface area contributed by atoms with Crippen LogP contribution in [0.25, 0.3) is 0 Å². The van der Waals surface area contributed by atoms with Gasteiger partial charge in [-0.2, -0.15) is 0 Å². The van der Waals surface area contributed by atoms with Gasteiger partial charge in [0, 0.05) is 36.7 Å². The number of amides is 3. The third-order valence-corrected chi connectivity index (χ3v) is 12.6. The maximum atomic E-state index is 13.1. The largest absolute Gasteiger partial charge is 0.445 e. The van der Waals surface area contributed by atoms with Gasteiger partial charge in [0.05, 0.1) is 12.6 Å². The molecule has 3 amide bonds. The highest BCUT2D eigenvalue weighted by molar-refractivity contribution is 6.74. The van der Waals surface area contributed by atoms with E-state index in [2.05, 4.69) is 44.5 Å². The summed E-state index contributed by atoms with van der Waals surface area (Å²) in [6.07, 6.45) is -0.553. The summed E-state index contributed by atoms with van der Waals surface area (Å²) in [5.41, 5.74) is 2.73. The van der Waals surface area contributed by atoms with Gasteiger partial charge >= 0.3 is 6.09 Å². The highest BCUT2D eigenvalue weighted by Crippen LogP contribution is 2.41. The van der Waals surface area contributed by atoms with E-state index in [4.69, 9.17) is 9.16 Å². The molecular formula is C30H43N3O5Si. The molecule has 3 rings (SSSR count). The summed E-state index contributed by atoms with van der Waals surface area (Å²) in [5, 5.41) is 6.02. The van der Waals surface area contributed by atoms with Gasteiger partial charge < -0.3 is 24.7 Å². The highest BCUT2D eigenvalue weighted by atomic mass is 28.4. The molecule has 2 aromatic rings. The van der Waals surface area contributed by atoms with Gasteiger partial charge in [-0.05, 0) is 54.4 Å².